The Morgan fingerprint density at radius 1 is 1.11 bits per heavy atom. The van der Waals surface area contributed by atoms with Gasteiger partial charge in [0.2, 0.25) is 0 Å². The lowest BCUT2D eigenvalue weighted by Crippen LogP contribution is -2.37. The summed E-state index contributed by atoms with van der Waals surface area (Å²) < 4.78 is 1.02. The van der Waals surface area contributed by atoms with E-state index in [1.165, 1.54) is 5.56 Å². The highest BCUT2D eigenvalue weighted by Crippen LogP contribution is 2.20. The monoisotopic (exact) mass is 334 g/mol. The van der Waals surface area contributed by atoms with E-state index in [2.05, 4.69) is 28.1 Å². The summed E-state index contributed by atoms with van der Waals surface area (Å²) in [6.07, 6.45) is 0.907. The Kier molecular flexibility index (Phi) is 4.93. The van der Waals surface area contributed by atoms with E-state index >= 15 is 0 Å². The minimum atomic E-state index is 0.397. The number of halogens is 1. The third kappa shape index (κ3) is 4.04. The van der Waals surface area contributed by atoms with Crippen LogP contribution in [0, 0.1) is 0 Å². The van der Waals surface area contributed by atoms with Crippen LogP contribution in [0.5, 0.6) is 0 Å². The predicted molar refractivity (Wildman–Crippen MR) is 88.4 cm³/mol. The summed E-state index contributed by atoms with van der Waals surface area (Å²) in [7, 11) is 0. The van der Waals surface area contributed by atoms with Crippen molar-refractivity contribution in [1.82, 2.24) is 0 Å². The summed E-state index contributed by atoms with van der Waals surface area (Å²) >= 11 is 8.61. The van der Waals surface area contributed by atoms with E-state index in [1.54, 1.807) is 0 Å². The molecule has 0 radical (unpaired) electrons. The van der Waals surface area contributed by atoms with Crippen LogP contribution in [0.25, 0.3) is 0 Å². The molecule has 98 valence electrons. The Bertz CT molecular complexity index is 557. The Balaban J connectivity index is 2.11. The second-order valence-electron chi connectivity index (χ2n) is 4.21. The Hall–Kier alpha value is -1.39. The third-order valence-electron chi connectivity index (χ3n) is 2.85. The minimum absolute atomic E-state index is 0.397. The molecule has 0 aliphatic heterocycles. The van der Waals surface area contributed by atoms with Crippen molar-refractivity contribution in [3.63, 3.8) is 0 Å². The fraction of sp³-hybridized carbons (Fsp3) is 0.133. The smallest absolute Gasteiger partial charge is 0.170 e. The van der Waals surface area contributed by atoms with Crippen LogP contribution < -0.4 is 10.6 Å². The zero-order valence-electron chi connectivity index (χ0n) is 10.4. The average molecular weight is 335 g/mol. The molecule has 0 saturated heterocycles. The Labute approximate surface area is 127 Å². The highest BCUT2D eigenvalue weighted by atomic mass is 79.9. The summed E-state index contributed by atoms with van der Waals surface area (Å²) in [6, 6.07) is 18.3. The van der Waals surface area contributed by atoms with Crippen LogP contribution in [0.4, 0.5) is 5.69 Å². The van der Waals surface area contributed by atoms with E-state index in [1.807, 2.05) is 47.4 Å². The lowest BCUT2D eigenvalue weighted by Gasteiger charge is -2.23. The number of nitrogens with zero attached hydrogens (tertiary/aromatic N) is 1. The third-order valence-corrected chi connectivity index (χ3v) is 3.57. The molecule has 0 aromatic heterocycles. The molecule has 0 atom stereocenters. The number of thiocarbonyl (C=S) groups is 1. The lowest BCUT2D eigenvalue weighted by atomic mass is 10.1. The number of hydrogen-bond acceptors (Lipinski definition) is 1. The van der Waals surface area contributed by atoms with E-state index in [0.717, 1.165) is 23.1 Å². The van der Waals surface area contributed by atoms with Crippen LogP contribution >= 0.6 is 28.1 Å². The molecule has 19 heavy (non-hydrogen) atoms. The van der Waals surface area contributed by atoms with E-state index in [-0.39, 0.29) is 0 Å². The first-order chi connectivity index (χ1) is 9.16. The van der Waals surface area contributed by atoms with Crippen molar-refractivity contribution in [3.8, 4) is 0 Å². The zero-order valence-corrected chi connectivity index (χ0v) is 12.8. The first-order valence-electron chi connectivity index (χ1n) is 6.03. The van der Waals surface area contributed by atoms with E-state index in [9.17, 15) is 0 Å². The number of anilines is 1. The van der Waals surface area contributed by atoms with Gasteiger partial charge in [0, 0.05) is 16.7 Å². The molecule has 0 unspecified atom stereocenters. The summed E-state index contributed by atoms with van der Waals surface area (Å²) in [5.41, 5.74) is 8.11. The molecule has 2 aromatic carbocycles. The number of hydrogen-bond donors (Lipinski definition) is 1. The van der Waals surface area contributed by atoms with Gasteiger partial charge in [0.05, 0.1) is 0 Å². The Morgan fingerprint density at radius 2 is 1.84 bits per heavy atom. The van der Waals surface area contributed by atoms with Crippen molar-refractivity contribution >= 4 is 38.9 Å². The van der Waals surface area contributed by atoms with Gasteiger partial charge < -0.3 is 10.6 Å². The van der Waals surface area contributed by atoms with Gasteiger partial charge in [0.1, 0.15) is 0 Å². The molecule has 0 fully saturated rings. The molecule has 0 saturated carbocycles. The lowest BCUT2D eigenvalue weighted by molar-refractivity contribution is 0.935. The van der Waals surface area contributed by atoms with E-state index in [4.69, 9.17) is 18.0 Å². The number of rotatable bonds is 4. The zero-order chi connectivity index (χ0) is 13.7. The molecule has 2 aromatic rings. The molecule has 0 aliphatic carbocycles. The molecule has 0 amide bonds. The molecule has 0 spiro atoms. The first kappa shape index (κ1) is 14.0. The van der Waals surface area contributed by atoms with Gasteiger partial charge in [-0.1, -0.05) is 52.3 Å². The van der Waals surface area contributed by atoms with Gasteiger partial charge in [-0.05, 0) is 42.4 Å². The van der Waals surface area contributed by atoms with E-state index < -0.39 is 0 Å². The number of nitrogens with two attached hydrogens (primary N) is 1. The molecule has 2 N–H and O–H groups in total. The maximum absolute atomic E-state index is 5.83. The van der Waals surface area contributed by atoms with Crippen molar-refractivity contribution in [2.45, 2.75) is 6.42 Å². The maximum atomic E-state index is 5.83. The summed E-state index contributed by atoms with van der Waals surface area (Å²) in [4.78, 5) is 1.95. The van der Waals surface area contributed by atoms with Crippen molar-refractivity contribution in [2.75, 3.05) is 11.4 Å². The Morgan fingerprint density at radius 3 is 2.47 bits per heavy atom. The van der Waals surface area contributed by atoms with Gasteiger partial charge in [-0.2, -0.15) is 0 Å². The van der Waals surface area contributed by atoms with Gasteiger partial charge >= 0.3 is 0 Å². The van der Waals surface area contributed by atoms with Crippen molar-refractivity contribution in [1.29, 1.82) is 0 Å². The van der Waals surface area contributed by atoms with Gasteiger partial charge in [0.15, 0.2) is 5.11 Å². The van der Waals surface area contributed by atoms with E-state index in [0.29, 0.717) is 5.11 Å². The summed E-state index contributed by atoms with van der Waals surface area (Å²) in [5, 5.41) is 0.397. The standard InChI is InChI=1S/C15H15BrN2S/c16-13-7-4-8-14(11-13)18(15(17)19)10-9-12-5-2-1-3-6-12/h1-8,11H,9-10H2,(H2,17,19). The van der Waals surface area contributed by atoms with Gasteiger partial charge in [-0.3, -0.25) is 0 Å². The molecule has 0 aliphatic rings. The van der Waals surface area contributed by atoms with Crippen molar-refractivity contribution < 1.29 is 0 Å². The second-order valence-corrected chi connectivity index (χ2v) is 5.54. The highest BCUT2D eigenvalue weighted by molar-refractivity contribution is 9.10. The molecule has 0 bridgehead atoms. The molecular weight excluding hydrogens is 320 g/mol. The molecule has 0 heterocycles. The average Bonchev–Trinajstić information content (AvgIpc) is 2.40. The van der Waals surface area contributed by atoms with Crippen LogP contribution in [-0.4, -0.2) is 11.7 Å². The van der Waals surface area contributed by atoms with Crippen LogP contribution in [0.15, 0.2) is 59.1 Å². The quantitative estimate of drug-likeness (QED) is 0.863. The van der Waals surface area contributed by atoms with Gasteiger partial charge in [-0.25, -0.2) is 0 Å². The highest BCUT2D eigenvalue weighted by Gasteiger charge is 2.09. The normalized spacial score (nSPS) is 10.2. The maximum Gasteiger partial charge on any atom is 0.170 e. The topological polar surface area (TPSA) is 29.3 Å². The fourth-order valence-corrected chi connectivity index (χ4v) is 2.48. The molecule has 2 nitrogen and oxygen atoms in total. The molecule has 2 rings (SSSR count). The minimum Gasteiger partial charge on any atom is -0.376 e. The summed E-state index contributed by atoms with van der Waals surface area (Å²) in [5.74, 6) is 0. The summed E-state index contributed by atoms with van der Waals surface area (Å²) in [6.45, 7) is 0.774. The SMILES string of the molecule is NC(=S)N(CCc1ccccc1)c1cccc(Br)c1. The van der Waals surface area contributed by atoms with Gasteiger partial charge in [-0.15, -0.1) is 0 Å². The van der Waals surface area contributed by atoms with Crippen molar-refractivity contribution in [2.24, 2.45) is 5.73 Å². The molecular formula is C15H15BrN2S. The number of benzene rings is 2. The van der Waals surface area contributed by atoms with Crippen LogP contribution in [0.2, 0.25) is 0 Å². The largest absolute Gasteiger partial charge is 0.376 e. The van der Waals surface area contributed by atoms with Gasteiger partial charge in [0.25, 0.3) is 0 Å². The first-order valence-corrected chi connectivity index (χ1v) is 7.23. The molecule has 4 heteroatoms. The van der Waals surface area contributed by atoms with Crippen molar-refractivity contribution in [3.05, 3.63) is 64.6 Å². The fourth-order valence-electron chi connectivity index (χ4n) is 1.90. The van der Waals surface area contributed by atoms with Crippen LogP contribution in [-0.2, 0) is 6.42 Å². The predicted octanol–water partition coefficient (Wildman–Crippen LogP) is 3.74. The van der Waals surface area contributed by atoms with Crippen LogP contribution in [0.1, 0.15) is 5.56 Å². The van der Waals surface area contributed by atoms with Crippen LogP contribution in [0.3, 0.4) is 0 Å². The second kappa shape index (κ2) is 6.68.